The molecule has 2 aliphatic rings. The van der Waals surface area contributed by atoms with E-state index in [0.717, 1.165) is 33.6 Å². The van der Waals surface area contributed by atoms with Crippen molar-refractivity contribution in [1.29, 1.82) is 0 Å². The molecule has 9 heteroatoms. The van der Waals surface area contributed by atoms with Crippen LogP contribution in [0.3, 0.4) is 0 Å². The highest BCUT2D eigenvalue weighted by Gasteiger charge is 2.52. The molecule has 0 unspecified atom stereocenters. The van der Waals surface area contributed by atoms with Gasteiger partial charge in [-0.25, -0.2) is 9.48 Å². The first kappa shape index (κ1) is 20.6. The Labute approximate surface area is 183 Å². The molecule has 30 heavy (non-hydrogen) atoms. The number of aromatic nitrogens is 2. The average Bonchev–Trinajstić information content (AvgIpc) is 3.17. The molecule has 158 valence electrons. The number of urea groups is 1. The largest absolute Gasteiger partial charge is 0.325 e. The third kappa shape index (κ3) is 3.86. The number of hydrogen-bond donors (Lipinski definition) is 2. The molecule has 0 atom stereocenters. The van der Waals surface area contributed by atoms with E-state index < -0.39 is 17.5 Å². The molecule has 1 aromatic carbocycles. The second-order valence-electron chi connectivity index (χ2n) is 8.20. The fourth-order valence-electron chi connectivity index (χ4n) is 4.13. The van der Waals surface area contributed by atoms with Crippen molar-refractivity contribution in [3.8, 4) is 5.69 Å². The average molecular weight is 474 g/mol. The summed E-state index contributed by atoms with van der Waals surface area (Å²) in [6.07, 6.45) is 3.01. The third-order valence-electron chi connectivity index (χ3n) is 5.83. The van der Waals surface area contributed by atoms with Crippen LogP contribution in [0.25, 0.3) is 5.69 Å². The van der Waals surface area contributed by atoms with E-state index in [2.05, 4.69) is 38.6 Å². The van der Waals surface area contributed by atoms with E-state index in [0.29, 0.717) is 24.6 Å². The monoisotopic (exact) mass is 473 g/mol. The number of aryl methyl sites for hydroxylation is 1. The Hall–Kier alpha value is -2.68. The van der Waals surface area contributed by atoms with Gasteiger partial charge in [-0.15, -0.1) is 0 Å². The van der Waals surface area contributed by atoms with Crippen molar-refractivity contribution in [1.82, 2.24) is 20.0 Å². The van der Waals surface area contributed by atoms with E-state index in [1.165, 1.54) is 0 Å². The highest BCUT2D eigenvalue weighted by Crippen LogP contribution is 2.36. The van der Waals surface area contributed by atoms with Crippen molar-refractivity contribution in [2.75, 3.05) is 11.9 Å². The number of imide groups is 1. The summed E-state index contributed by atoms with van der Waals surface area (Å²) in [5.74, 6) is 0.269. The highest BCUT2D eigenvalue weighted by atomic mass is 79.9. The normalized spacial score (nSPS) is 23.7. The molecule has 2 heterocycles. The minimum absolute atomic E-state index is 0.300. The minimum atomic E-state index is -0.849. The van der Waals surface area contributed by atoms with Gasteiger partial charge in [-0.3, -0.25) is 14.5 Å². The lowest BCUT2D eigenvalue weighted by molar-refractivity contribution is -0.135. The molecule has 2 N–H and O–H groups in total. The van der Waals surface area contributed by atoms with Crippen LogP contribution >= 0.6 is 15.9 Å². The van der Waals surface area contributed by atoms with Crippen LogP contribution in [-0.4, -0.2) is 44.6 Å². The summed E-state index contributed by atoms with van der Waals surface area (Å²) in [6.45, 7) is 3.65. The maximum Gasteiger partial charge on any atom is 0.325 e. The van der Waals surface area contributed by atoms with Crippen molar-refractivity contribution in [3.05, 3.63) is 40.5 Å². The van der Waals surface area contributed by atoms with Gasteiger partial charge < -0.3 is 10.6 Å². The molecule has 1 saturated carbocycles. The van der Waals surface area contributed by atoms with Gasteiger partial charge in [0, 0.05) is 10.5 Å². The number of benzene rings is 1. The molecule has 0 bridgehead atoms. The molecule has 2 aromatic rings. The van der Waals surface area contributed by atoms with Crippen LogP contribution in [0.2, 0.25) is 0 Å². The Morgan fingerprint density at radius 1 is 1.30 bits per heavy atom. The van der Waals surface area contributed by atoms with Crippen LogP contribution in [0.5, 0.6) is 0 Å². The van der Waals surface area contributed by atoms with Crippen LogP contribution in [-0.2, 0) is 9.59 Å². The quantitative estimate of drug-likeness (QED) is 0.665. The summed E-state index contributed by atoms with van der Waals surface area (Å²) < 4.78 is 2.50. The fraction of sp³-hybridized carbons (Fsp3) is 0.429. The van der Waals surface area contributed by atoms with Crippen LogP contribution in [0.1, 0.15) is 38.3 Å². The molecule has 4 amide bonds. The van der Waals surface area contributed by atoms with Gasteiger partial charge in [-0.1, -0.05) is 28.9 Å². The summed E-state index contributed by atoms with van der Waals surface area (Å²) >= 11 is 3.43. The van der Waals surface area contributed by atoms with Crippen LogP contribution in [0.4, 0.5) is 10.6 Å². The summed E-state index contributed by atoms with van der Waals surface area (Å²) in [7, 11) is 0. The first-order chi connectivity index (χ1) is 14.3. The summed E-state index contributed by atoms with van der Waals surface area (Å²) in [4.78, 5) is 39.1. The maximum absolute atomic E-state index is 13.0. The van der Waals surface area contributed by atoms with Gasteiger partial charge in [0.15, 0.2) is 0 Å². The maximum atomic E-state index is 13.0. The number of carbonyl (C=O) groups excluding carboxylic acids is 3. The van der Waals surface area contributed by atoms with Gasteiger partial charge in [0.1, 0.15) is 17.9 Å². The SMILES string of the molecule is Cc1cc(NC(=O)CN2C(=O)NC3(CCC(C)CC3)C2=O)n(-c2cccc(Br)c2)n1. The topological polar surface area (TPSA) is 96.3 Å². The number of nitrogens with one attached hydrogen (secondary N) is 2. The van der Waals surface area contributed by atoms with Crippen molar-refractivity contribution >= 4 is 39.6 Å². The van der Waals surface area contributed by atoms with Gasteiger partial charge in [-0.2, -0.15) is 5.10 Å². The van der Waals surface area contributed by atoms with Crippen molar-refractivity contribution in [3.63, 3.8) is 0 Å². The molecule has 1 aromatic heterocycles. The molecule has 1 aliphatic heterocycles. The zero-order chi connectivity index (χ0) is 21.5. The molecule has 8 nitrogen and oxygen atoms in total. The second-order valence-corrected chi connectivity index (χ2v) is 9.11. The molecule has 4 rings (SSSR count). The van der Waals surface area contributed by atoms with E-state index in [1.54, 1.807) is 10.7 Å². The van der Waals surface area contributed by atoms with Gasteiger partial charge in [0.05, 0.1) is 11.4 Å². The van der Waals surface area contributed by atoms with Gasteiger partial charge in [0.2, 0.25) is 5.91 Å². The number of carbonyl (C=O) groups is 3. The summed E-state index contributed by atoms with van der Waals surface area (Å²) in [5.41, 5.74) is 0.659. The zero-order valence-corrected chi connectivity index (χ0v) is 18.5. The molecule has 2 fully saturated rings. The number of hydrogen-bond acceptors (Lipinski definition) is 4. The van der Waals surface area contributed by atoms with E-state index in [9.17, 15) is 14.4 Å². The van der Waals surface area contributed by atoms with Crippen LogP contribution < -0.4 is 10.6 Å². The number of amides is 4. The number of nitrogens with zero attached hydrogens (tertiary/aromatic N) is 3. The first-order valence-electron chi connectivity index (χ1n) is 10.0. The molecule has 1 saturated heterocycles. The lowest BCUT2D eigenvalue weighted by Crippen LogP contribution is -2.49. The van der Waals surface area contributed by atoms with Gasteiger partial charge >= 0.3 is 6.03 Å². The Kier molecular flexibility index (Phi) is 5.40. The Balaban J connectivity index is 1.48. The smallest absolute Gasteiger partial charge is 0.323 e. The summed E-state index contributed by atoms with van der Waals surface area (Å²) in [5, 5.41) is 10.1. The van der Waals surface area contributed by atoms with E-state index in [1.807, 2.05) is 31.2 Å². The predicted molar refractivity (Wildman–Crippen MR) is 115 cm³/mol. The zero-order valence-electron chi connectivity index (χ0n) is 16.9. The Morgan fingerprint density at radius 3 is 2.73 bits per heavy atom. The second kappa shape index (κ2) is 7.86. The number of anilines is 1. The minimum Gasteiger partial charge on any atom is -0.323 e. The first-order valence-corrected chi connectivity index (χ1v) is 10.8. The Bertz CT molecular complexity index is 1010. The van der Waals surface area contributed by atoms with Gasteiger partial charge in [-0.05, 0) is 56.7 Å². The standard InChI is InChI=1S/C21H24BrN5O3/c1-13-6-8-21(9-7-13)19(29)26(20(30)24-21)12-18(28)23-17-10-14(2)25-27(17)16-5-3-4-15(22)11-16/h3-5,10-11,13H,6-9,12H2,1-2H3,(H,23,28)(H,24,30). The third-order valence-corrected chi connectivity index (χ3v) is 6.32. The van der Waals surface area contributed by atoms with E-state index in [4.69, 9.17) is 0 Å². The lowest BCUT2D eigenvalue weighted by atomic mass is 9.77. The molecule has 0 radical (unpaired) electrons. The molecule has 1 spiro atoms. The number of halogens is 1. The van der Waals surface area contributed by atoms with Crippen LogP contribution in [0.15, 0.2) is 34.8 Å². The van der Waals surface area contributed by atoms with Gasteiger partial charge in [0.25, 0.3) is 5.91 Å². The molecule has 1 aliphatic carbocycles. The van der Waals surface area contributed by atoms with Crippen molar-refractivity contribution in [2.45, 2.75) is 45.1 Å². The van der Waals surface area contributed by atoms with Crippen LogP contribution in [0, 0.1) is 12.8 Å². The fourth-order valence-corrected chi connectivity index (χ4v) is 4.52. The molecular weight excluding hydrogens is 450 g/mol. The van der Waals surface area contributed by atoms with E-state index >= 15 is 0 Å². The van der Waals surface area contributed by atoms with Crippen molar-refractivity contribution in [2.24, 2.45) is 5.92 Å². The number of rotatable bonds is 4. The van der Waals surface area contributed by atoms with E-state index in [-0.39, 0.29) is 12.5 Å². The molecular formula is C21H24BrN5O3. The highest BCUT2D eigenvalue weighted by molar-refractivity contribution is 9.10. The lowest BCUT2D eigenvalue weighted by Gasteiger charge is -2.33. The summed E-state index contributed by atoms with van der Waals surface area (Å²) in [6, 6.07) is 8.78. The van der Waals surface area contributed by atoms with Crippen molar-refractivity contribution < 1.29 is 14.4 Å². The Morgan fingerprint density at radius 2 is 2.03 bits per heavy atom. The predicted octanol–water partition coefficient (Wildman–Crippen LogP) is 3.38.